The van der Waals surface area contributed by atoms with Crippen LogP contribution in [0.25, 0.3) is 6.08 Å². The minimum absolute atomic E-state index is 0.198. The molecule has 1 aliphatic heterocycles. The average molecular weight is 573 g/mol. The Hall–Kier alpha value is -4.50. The van der Waals surface area contributed by atoms with Gasteiger partial charge in [0.25, 0.3) is 5.56 Å². The lowest BCUT2D eigenvalue weighted by Crippen LogP contribution is -2.40. The number of rotatable bonds is 9. The zero-order chi connectivity index (χ0) is 28.9. The Bertz CT molecular complexity index is 1770. The van der Waals surface area contributed by atoms with Crippen molar-refractivity contribution in [2.24, 2.45) is 4.99 Å². The van der Waals surface area contributed by atoms with Crippen LogP contribution in [0.5, 0.6) is 11.5 Å². The molecule has 0 saturated carbocycles. The molecular weight excluding hydrogens is 543 g/mol. The summed E-state index contributed by atoms with van der Waals surface area (Å²) >= 11 is 1.26. The molecule has 1 atom stereocenters. The average Bonchev–Trinajstić information content (AvgIpc) is 3.27. The van der Waals surface area contributed by atoms with Crippen molar-refractivity contribution in [3.05, 3.63) is 126 Å². The summed E-state index contributed by atoms with van der Waals surface area (Å²) in [5, 5.41) is 0. The van der Waals surface area contributed by atoms with E-state index >= 15 is 0 Å². The van der Waals surface area contributed by atoms with Gasteiger partial charge in [-0.15, -0.1) is 0 Å². The monoisotopic (exact) mass is 572 g/mol. The van der Waals surface area contributed by atoms with E-state index in [1.54, 1.807) is 36.6 Å². The highest BCUT2D eigenvalue weighted by atomic mass is 32.1. The standard InChI is InChI=1S/C32H29FN2O5S/c1-4-38-26-9-7-6-8-25(26)29-28(31(37)39-5-2)20(3)34-32-35(29)30(36)27(41-32)18-21-12-16-24(17-13-21)40-19-22-10-14-23(33)15-11-22/h6-18,29H,4-5,19H2,1-3H3/b27-18-/t29-/m1/s1. The first kappa shape index (κ1) is 28.0. The van der Waals surface area contributed by atoms with Crippen LogP contribution >= 0.6 is 11.3 Å². The van der Waals surface area contributed by atoms with Crippen LogP contribution in [0.1, 0.15) is 43.5 Å². The summed E-state index contributed by atoms with van der Waals surface area (Å²) in [5.74, 6) is 0.425. The number of hydrogen-bond acceptors (Lipinski definition) is 7. The number of carbonyl (C=O) groups excluding carboxylic acids is 1. The number of para-hydroxylation sites is 1. The van der Waals surface area contributed by atoms with E-state index in [0.29, 0.717) is 50.9 Å². The topological polar surface area (TPSA) is 79.1 Å². The van der Waals surface area contributed by atoms with Crippen LogP contribution in [0.15, 0.2) is 93.9 Å². The van der Waals surface area contributed by atoms with E-state index in [0.717, 1.165) is 11.1 Å². The highest BCUT2D eigenvalue weighted by molar-refractivity contribution is 7.07. The highest BCUT2D eigenvalue weighted by Crippen LogP contribution is 2.35. The van der Waals surface area contributed by atoms with Crippen molar-refractivity contribution >= 4 is 23.4 Å². The first-order valence-electron chi connectivity index (χ1n) is 13.3. The zero-order valence-corrected chi connectivity index (χ0v) is 23.7. The molecule has 0 radical (unpaired) electrons. The summed E-state index contributed by atoms with van der Waals surface area (Å²) in [6, 6.07) is 20.1. The van der Waals surface area contributed by atoms with Gasteiger partial charge in [-0.2, -0.15) is 0 Å². The Labute approximate surface area is 240 Å². The largest absolute Gasteiger partial charge is 0.494 e. The molecule has 2 heterocycles. The van der Waals surface area contributed by atoms with Crippen LogP contribution in [-0.2, 0) is 16.1 Å². The number of ether oxygens (including phenoxy) is 3. The smallest absolute Gasteiger partial charge is 0.338 e. The maximum Gasteiger partial charge on any atom is 0.338 e. The molecule has 0 amide bonds. The predicted octanol–water partition coefficient (Wildman–Crippen LogP) is 4.92. The molecule has 5 rings (SSSR count). The van der Waals surface area contributed by atoms with Crippen molar-refractivity contribution in [3.8, 4) is 11.5 Å². The molecule has 0 fully saturated rings. The molecule has 3 aromatic carbocycles. The molecule has 41 heavy (non-hydrogen) atoms. The fraction of sp³-hybridized carbons (Fsp3) is 0.219. The predicted molar refractivity (Wildman–Crippen MR) is 155 cm³/mol. The van der Waals surface area contributed by atoms with Gasteiger partial charge in [0.15, 0.2) is 4.80 Å². The summed E-state index contributed by atoms with van der Waals surface area (Å²) in [7, 11) is 0. The van der Waals surface area contributed by atoms with E-state index in [4.69, 9.17) is 14.2 Å². The number of carbonyl (C=O) groups is 1. The lowest BCUT2D eigenvalue weighted by molar-refractivity contribution is -0.139. The molecule has 0 bridgehead atoms. The quantitative estimate of drug-likeness (QED) is 0.266. The second-order valence-corrected chi connectivity index (χ2v) is 10.3. The molecule has 1 aliphatic rings. The lowest BCUT2D eigenvalue weighted by Gasteiger charge is -2.26. The Morgan fingerprint density at radius 1 is 1.00 bits per heavy atom. The summed E-state index contributed by atoms with van der Waals surface area (Å²) in [6.07, 6.45) is 1.79. The van der Waals surface area contributed by atoms with E-state index < -0.39 is 12.0 Å². The first-order valence-corrected chi connectivity index (χ1v) is 14.1. The number of halogens is 1. The van der Waals surface area contributed by atoms with Gasteiger partial charge in [0.05, 0.1) is 29.0 Å². The van der Waals surface area contributed by atoms with Gasteiger partial charge in [-0.3, -0.25) is 9.36 Å². The van der Waals surface area contributed by atoms with Crippen LogP contribution in [-0.4, -0.2) is 23.8 Å². The van der Waals surface area contributed by atoms with Crippen molar-refractivity contribution in [2.45, 2.75) is 33.4 Å². The molecule has 9 heteroatoms. The molecule has 0 N–H and O–H groups in total. The van der Waals surface area contributed by atoms with Gasteiger partial charge in [0, 0.05) is 5.56 Å². The van der Waals surface area contributed by atoms with Crippen LogP contribution in [0.3, 0.4) is 0 Å². The number of nitrogens with zero attached hydrogens (tertiary/aromatic N) is 2. The molecule has 1 aromatic heterocycles. The van der Waals surface area contributed by atoms with E-state index in [1.807, 2.05) is 55.5 Å². The lowest BCUT2D eigenvalue weighted by atomic mass is 9.95. The van der Waals surface area contributed by atoms with Gasteiger partial charge in [-0.1, -0.05) is 53.8 Å². The second-order valence-electron chi connectivity index (χ2n) is 9.26. The Balaban J connectivity index is 1.52. The van der Waals surface area contributed by atoms with Crippen molar-refractivity contribution in [1.82, 2.24) is 4.57 Å². The molecule has 4 aromatic rings. The number of hydrogen-bond donors (Lipinski definition) is 0. The molecule has 0 saturated heterocycles. The summed E-state index contributed by atoms with van der Waals surface area (Å²) in [5.41, 5.74) is 2.88. The van der Waals surface area contributed by atoms with Crippen molar-refractivity contribution in [1.29, 1.82) is 0 Å². The Morgan fingerprint density at radius 3 is 2.44 bits per heavy atom. The number of allylic oxidation sites excluding steroid dienone is 1. The van der Waals surface area contributed by atoms with Gasteiger partial charge in [0.2, 0.25) is 0 Å². The number of benzene rings is 3. The fourth-order valence-corrected chi connectivity index (χ4v) is 5.68. The van der Waals surface area contributed by atoms with Crippen LogP contribution in [0, 0.1) is 5.82 Å². The second kappa shape index (κ2) is 12.3. The fourth-order valence-electron chi connectivity index (χ4n) is 4.64. The van der Waals surface area contributed by atoms with Crippen LogP contribution in [0.2, 0.25) is 0 Å². The SMILES string of the molecule is CCOC(=O)C1=C(C)N=c2s/c(=C\c3ccc(OCc4ccc(F)cc4)cc3)c(=O)n2[C@@H]1c1ccccc1OCC. The van der Waals surface area contributed by atoms with Crippen LogP contribution < -0.4 is 24.4 Å². The molecule has 0 spiro atoms. The van der Waals surface area contributed by atoms with Crippen molar-refractivity contribution < 1.29 is 23.4 Å². The maximum atomic E-state index is 13.9. The van der Waals surface area contributed by atoms with Gasteiger partial charge in [-0.25, -0.2) is 14.2 Å². The van der Waals surface area contributed by atoms with Crippen molar-refractivity contribution in [3.63, 3.8) is 0 Å². The van der Waals surface area contributed by atoms with E-state index in [9.17, 15) is 14.0 Å². The van der Waals surface area contributed by atoms with Gasteiger partial charge in [0.1, 0.15) is 30.0 Å². The number of esters is 1. The normalized spacial score (nSPS) is 14.8. The maximum absolute atomic E-state index is 13.9. The third-order valence-electron chi connectivity index (χ3n) is 6.53. The van der Waals surface area contributed by atoms with E-state index in [-0.39, 0.29) is 18.0 Å². The molecular formula is C32H29FN2O5S. The number of thiazole rings is 1. The number of fused-ring (bicyclic) bond motifs is 1. The molecule has 0 unspecified atom stereocenters. The minimum atomic E-state index is -0.752. The van der Waals surface area contributed by atoms with Gasteiger partial charge in [-0.05, 0) is 68.3 Å². The molecule has 7 nitrogen and oxygen atoms in total. The number of aromatic nitrogens is 1. The zero-order valence-electron chi connectivity index (χ0n) is 22.9. The Morgan fingerprint density at radius 2 is 1.73 bits per heavy atom. The summed E-state index contributed by atoms with van der Waals surface area (Å²) in [6.45, 7) is 6.32. The van der Waals surface area contributed by atoms with Gasteiger partial charge < -0.3 is 14.2 Å². The first-order chi connectivity index (χ1) is 19.9. The van der Waals surface area contributed by atoms with Crippen molar-refractivity contribution in [2.75, 3.05) is 13.2 Å². The minimum Gasteiger partial charge on any atom is -0.494 e. The Kier molecular flexibility index (Phi) is 8.45. The molecule has 0 aliphatic carbocycles. The van der Waals surface area contributed by atoms with E-state index in [1.165, 1.54) is 23.5 Å². The van der Waals surface area contributed by atoms with Gasteiger partial charge >= 0.3 is 5.97 Å². The summed E-state index contributed by atoms with van der Waals surface area (Å²) in [4.78, 5) is 32.1. The van der Waals surface area contributed by atoms with E-state index in [2.05, 4.69) is 4.99 Å². The molecule has 210 valence electrons. The third kappa shape index (κ3) is 6.00. The highest BCUT2D eigenvalue weighted by Gasteiger charge is 2.35. The third-order valence-corrected chi connectivity index (χ3v) is 7.51. The summed E-state index contributed by atoms with van der Waals surface area (Å²) < 4.78 is 32.2. The van der Waals surface area contributed by atoms with Crippen LogP contribution in [0.4, 0.5) is 4.39 Å².